The van der Waals surface area contributed by atoms with Crippen LogP contribution in [0.1, 0.15) is 157 Å². The number of hydrogen-bond acceptors (Lipinski definition) is 6. The fraction of sp³-hybridized carbons (Fsp3) is 0.900. The average Bonchev–Trinajstić information content (AvgIpc) is 2.84. The normalized spacial score (nSPS) is 10.3. The van der Waals surface area contributed by atoms with Crippen LogP contribution in [-0.2, 0) is 14.4 Å². The van der Waals surface area contributed by atoms with E-state index in [1.165, 1.54) is 0 Å². The molecule has 0 bridgehead atoms. The van der Waals surface area contributed by atoms with Crippen LogP contribution in [0.15, 0.2) is 0 Å². The molecule has 0 aromatic carbocycles. The quantitative estimate of drug-likeness (QED) is 0.193. The summed E-state index contributed by atoms with van der Waals surface area (Å²) >= 11 is 0. The van der Waals surface area contributed by atoms with Gasteiger partial charge in [-0.2, -0.15) is 0 Å². The molecule has 6 nitrogen and oxygen atoms in total. The molecule has 0 fully saturated rings. The van der Waals surface area contributed by atoms with Crippen molar-refractivity contribution in [1.82, 2.24) is 0 Å². The van der Waals surface area contributed by atoms with Gasteiger partial charge in [0.1, 0.15) is 0 Å². The molecule has 0 aliphatic rings. The first-order chi connectivity index (χ1) is 17.2. The largest absolute Gasteiger partial charge is 3.00 e. The van der Waals surface area contributed by atoms with Crippen molar-refractivity contribution in [2.24, 2.45) is 17.8 Å². The zero-order chi connectivity index (χ0) is 28.2. The minimum absolute atomic E-state index is 0. The molecule has 37 heavy (non-hydrogen) atoms. The van der Waals surface area contributed by atoms with Crippen molar-refractivity contribution in [3.8, 4) is 0 Å². The van der Waals surface area contributed by atoms with Crippen LogP contribution in [0.25, 0.3) is 0 Å². The van der Waals surface area contributed by atoms with Gasteiger partial charge in [-0.25, -0.2) is 0 Å². The maximum atomic E-state index is 10.6. The van der Waals surface area contributed by atoms with Crippen molar-refractivity contribution in [2.45, 2.75) is 157 Å². The third kappa shape index (κ3) is 31.1. The summed E-state index contributed by atoms with van der Waals surface area (Å²) in [6, 6.07) is 0. The van der Waals surface area contributed by atoms with E-state index < -0.39 is 17.9 Å². The second kappa shape index (κ2) is 33.0. The number of aliphatic carboxylic acids is 3. The molecular weight excluding hydrogens is 483 g/mol. The number of unbranched alkanes of at least 4 members (excludes halogenated alkanes) is 6. The van der Waals surface area contributed by atoms with Gasteiger partial charge in [-0.1, -0.05) is 119 Å². The number of hydrogen-bond donors (Lipinski definition) is 0. The first-order valence-corrected chi connectivity index (χ1v) is 14.8. The second-order valence-electron chi connectivity index (χ2n) is 9.90. The summed E-state index contributed by atoms with van der Waals surface area (Å²) in [7, 11) is 0. The summed E-state index contributed by atoms with van der Waals surface area (Å²) < 4.78 is 0. The van der Waals surface area contributed by atoms with Gasteiger partial charge >= 0.3 is 17.4 Å². The Bertz CT molecular complexity index is 417. The number of rotatable bonds is 21. The summed E-state index contributed by atoms with van der Waals surface area (Å²) in [5.41, 5.74) is 0. The Kier molecular flexibility index (Phi) is 38.3. The summed E-state index contributed by atoms with van der Waals surface area (Å²) in [6.45, 7) is 12.5. The summed E-state index contributed by atoms with van der Waals surface area (Å²) in [5.74, 6) is -3.20. The van der Waals surface area contributed by atoms with E-state index >= 15 is 0 Å². The van der Waals surface area contributed by atoms with Gasteiger partial charge in [-0.15, -0.1) is 0 Å². The Morgan fingerprint density at radius 2 is 0.541 bits per heavy atom. The molecule has 0 atom stereocenters. The van der Waals surface area contributed by atoms with Gasteiger partial charge in [0, 0.05) is 17.9 Å². The molecule has 0 aromatic rings. The maximum absolute atomic E-state index is 10.6. The van der Waals surface area contributed by atoms with Gasteiger partial charge in [0.15, 0.2) is 0 Å². The van der Waals surface area contributed by atoms with Crippen LogP contribution < -0.4 is 15.3 Å². The van der Waals surface area contributed by atoms with E-state index in [2.05, 4.69) is 41.5 Å². The van der Waals surface area contributed by atoms with Crippen molar-refractivity contribution in [1.29, 1.82) is 0 Å². The molecule has 0 aromatic heterocycles. The Hall–Kier alpha value is -1.06. The molecule has 216 valence electrons. The molecular formula is C30H57AlO6. The van der Waals surface area contributed by atoms with E-state index in [-0.39, 0.29) is 35.1 Å². The van der Waals surface area contributed by atoms with Crippen LogP contribution in [0, 0.1) is 17.8 Å². The third-order valence-corrected chi connectivity index (χ3v) is 6.44. The number of carbonyl (C=O) groups excluding carboxylic acids is 3. The molecule has 0 N–H and O–H groups in total. The zero-order valence-electron chi connectivity index (χ0n) is 25.0. The summed E-state index contributed by atoms with van der Waals surface area (Å²) in [6.07, 6.45) is 17.1. The SMILES string of the molecule is CCCCC(CCCC)C(=O)[O-].CCCCC(CCCC)C(=O)[O-].CCCCC(CCCC)C(=O)[O-].[Al+3]. The van der Waals surface area contributed by atoms with Crippen molar-refractivity contribution < 1.29 is 29.7 Å². The molecule has 0 aliphatic heterocycles. The Balaban J connectivity index is -0.000000218. The van der Waals surface area contributed by atoms with Gasteiger partial charge in [-0.05, 0) is 56.3 Å². The molecule has 0 saturated heterocycles. The van der Waals surface area contributed by atoms with Gasteiger partial charge in [0.05, 0.1) is 0 Å². The summed E-state index contributed by atoms with van der Waals surface area (Å²) in [4.78, 5) is 31.8. The maximum Gasteiger partial charge on any atom is 3.00 e. The number of carboxylic acid groups (broad SMARTS) is 3. The van der Waals surface area contributed by atoms with Crippen LogP contribution in [0.4, 0.5) is 0 Å². The molecule has 0 rings (SSSR count). The predicted molar refractivity (Wildman–Crippen MR) is 148 cm³/mol. The molecule has 0 aliphatic carbocycles. The van der Waals surface area contributed by atoms with Gasteiger partial charge in [0.2, 0.25) is 0 Å². The minimum Gasteiger partial charge on any atom is -0.550 e. The average molecular weight is 541 g/mol. The monoisotopic (exact) mass is 540 g/mol. The predicted octanol–water partition coefficient (Wildman–Crippen LogP) is 4.82. The van der Waals surface area contributed by atoms with Crippen molar-refractivity contribution in [2.75, 3.05) is 0 Å². The van der Waals surface area contributed by atoms with Crippen LogP contribution in [0.5, 0.6) is 0 Å². The Morgan fingerprint density at radius 1 is 0.405 bits per heavy atom. The zero-order valence-corrected chi connectivity index (χ0v) is 26.1. The van der Waals surface area contributed by atoms with Crippen LogP contribution in [-0.4, -0.2) is 35.3 Å². The van der Waals surface area contributed by atoms with Crippen molar-refractivity contribution in [3.05, 3.63) is 0 Å². The van der Waals surface area contributed by atoms with E-state index in [1.54, 1.807) is 0 Å². The van der Waals surface area contributed by atoms with E-state index in [0.29, 0.717) is 0 Å². The Morgan fingerprint density at radius 3 is 0.622 bits per heavy atom. The first-order valence-electron chi connectivity index (χ1n) is 14.8. The molecule has 0 heterocycles. The first kappa shape index (κ1) is 43.0. The van der Waals surface area contributed by atoms with Gasteiger partial charge < -0.3 is 29.7 Å². The number of carboxylic acids is 3. The van der Waals surface area contributed by atoms with Crippen molar-refractivity contribution >= 4 is 35.3 Å². The summed E-state index contributed by atoms with van der Waals surface area (Å²) in [5, 5.41) is 31.8. The number of carbonyl (C=O) groups is 3. The van der Waals surface area contributed by atoms with E-state index in [1.807, 2.05) is 0 Å². The van der Waals surface area contributed by atoms with E-state index in [9.17, 15) is 29.7 Å². The third-order valence-electron chi connectivity index (χ3n) is 6.44. The molecule has 0 amide bonds. The van der Waals surface area contributed by atoms with E-state index in [0.717, 1.165) is 116 Å². The molecule has 7 heteroatoms. The van der Waals surface area contributed by atoms with Gasteiger partial charge in [-0.3, -0.25) is 0 Å². The standard InChI is InChI=1S/3C10H20O2.Al/c3*1-3-5-7-9(10(11)12)8-6-4-2;/h3*9H,3-8H2,1-2H3,(H,11,12);/q;;;+3/p-3. The molecule has 0 radical (unpaired) electrons. The fourth-order valence-corrected chi connectivity index (χ4v) is 3.84. The fourth-order valence-electron chi connectivity index (χ4n) is 3.84. The van der Waals surface area contributed by atoms with Crippen LogP contribution >= 0.6 is 0 Å². The minimum atomic E-state index is -0.864. The van der Waals surface area contributed by atoms with Gasteiger partial charge in [0.25, 0.3) is 0 Å². The molecule has 0 saturated carbocycles. The van der Waals surface area contributed by atoms with E-state index in [4.69, 9.17) is 0 Å². The molecule has 0 spiro atoms. The smallest absolute Gasteiger partial charge is 0.550 e. The topological polar surface area (TPSA) is 120 Å². The van der Waals surface area contributed by atoms with Crippen LogP contribution in [0.3, 0.4) is 0 Å². The van der Waals surface area contributed by atoms with Crippen LogP contribution in [0.2, 0.25) is 0 Å². The molecule has 0 unspecified atom stereocenters. The second-order valence-corrected chi connectivity index (χ2v) is 9.90. The Labute approximate surface area is 239 Å². The van der Waals surface area contributed by atoms with Crippen molar-refractivity contribution in [3.63, 3.8) is 0 Å².